The number of aromatic nitrogens is 1. The van der Waals surface area contributed by atoms with Gasteiger partial charge in [0.05, 0.1) is 18.8 Å². The highest BCUT2D eigenvalue weighted by molar-refractivity contribution is 6.31. The Labute approximate surface area is 239 Å². The van der Waals surface area contributed by atoms with Crippen LogP contribution in [0, 0.1) is 52.3 Å². The van der Waals surface area contributed by atoms with Gasteiger partial charge in [0.2, 0.25) is 5.88 Å². The standard InChI is InChI=1S/C32H50ClNO5/c1-5-21-25-16-20(35)10-12-32(25,4)24-11-13-31(3)22(8-9-23(31)27(24)28(21)36)18(2)7-6-14-39-29-26(33)15-19(17-34-29)30(37)38/h15,17-18,20-25,27-28,30,35-38H,5-14,16H2,1-4H3/t18-,20-,21-,22-,23+,24+,25+,27+,28-,31-,32-/m1/s1. The molecule has 4 N–H and O–H groups in total. The molecule has 5 rings (SSSR count). The maximum absolute atomic E-state index is 11.9. The summed E-state index contributed by atoms with van der Waals surface area (Å²) in [5, 5.41) is 41.3. The molecule has 11 atom stereocenters. The van der Waals surface area contributed by atoms with Crippen LogP contribution in [-0.4, -0.2) is 44.2 Å². The molecule has 4 aliphatic carbocycles. The van der Waals surface area contributed by atoms with Crippen LogP contribution in [0.1, 0.15) is 104 Å². The van der Waals surface area contributed by atoms with E-state index < -0.39 is 6.29 Å². The number of nitrogens with zero attached hydrogens (tertiary/aromatic N) is 1. The molecule has 4 saturated carbocycles. The number of pyridine rings is 1. The highest BCUT2D eigenvalue weighted by Gasteiger charge is 2.64. The summed E-state index contributed by atoms with van der Waals surface area (Å²) in [6.45, 7) is 10.2. The maximum atomic E-state index is 11.9. The number of ether oxygens (including phenoxy) is 1. The van der Waals surface area contributed by atoms with Gasteiger partial charge >= 0.3 is 0 Å². The van der Waals surface area contributed by atoms with Gasteiger partial charge in [-0.2, -0.15) is 0 Å². The van der Waals surface area contributed by atoms with Crippen LogP contribution in [0.5, 0.6) is 5.88 Å². The van der Waals surface area contributed by atoms with E-state index in [1.807, 2.05) is 0 Å². The van der Waals surface area contributed by atoms with Crippen LogP contribution >= 0.6 is 11.6 Å². The molecule has 0 spiro atoms. The number of aliphatic hydroxyl groups excluding tert-OH is 3. The van der Waals surface area contributed by atoms with Gasteiger partial charge in [0.25, 0.3) is 0 Å². The zero-order valence-corrected chi connectivity index (χ0v) is 25.0. The predicted octanol–water partition coefficient (Wildman–Crippen LogP) is 6.14. The Morgan fingerprint density at radius 1 is 1.05 bits per heavy atom. The van der Waals surface area contributed by atoms with Gasteiger partial charge in [0.1, 0.15) is 5.02 Å². The van der Waals surface area contributed by atoms with Crippen LogP contribution < -0.4 is 4.74 Å². The third kappa shape index (κ3) is 5.16. The molecule has 0 saturated heterocycles. The average molecular weight is 564 g/mol. The van der Waals surface area contributed by atoms with E-state index in [0.717, 1.165) is 38.5 Å². The SMILES string of the molecule is CC[C@H]1[C@@H](O)[C@@H]2[C@H](CC[C@]3(C)[C@@H]([C@H](C)CCCOc4ncc(C(O)O)cc4Cl)CC[C@@H]23)[C@@]2(C)CC[C@@H](O)C[C@@H]12. The molecule has 1 aromatic heterocycles. The zero-order valence-electron chi connectivity index (χ0n) is 24.2. The quantitative estimate of drug-likeness (QED) is 0.224. The van der Waals surface area contributed by atoms with Crippen molar-refractivity contribution in [3.63, 3.8) is 0 Å². The van der Waals surface area contributed by atoms with Crippen LogP contribution in [0.2, 0.25) is 5.02 Å². The summed E-state index contributed by atoms with van der Waals surface area (Å²) in [7, 11) is 0. The van der Waals surface area contributed by atoms with E-state index in [1.54, 1.807) is 0 Å². The Morgan fingerprint density at radius 2 is 1.77 bits per heavy atom. The normalized spacial score (nSPS) is 42.5. The molecular weight excluding hydrogens is 514 g/mol. The Morgan fingerprint density at radius 3 is 2.46 bits per heavy atom. The topological polar surface area (TPSA) is 103 Å². The maximum Gasteiger partial charge on any atom is 0.232 e. The lowest BCUT2D eigenvalue weighted by molar-refractivity contribution is -0.203. The molecule has 220 valence electrons. The molecule has 4 aliphatic rings. The van der Waals surface area contributed by atoms with Gasteiger partial charge in [-0.05, 0) is 116 Å². The number of aliphatic hydroxyl groups is 4. The molecule has 0 aliphatic heterocycles. The molecule has 7 heteroatoms. The molecule has 1 aromatic rings. The minimum atomic E-state index is -1.60. The lowest BCUT2D eigenvalue weighted by atomic mass is 9.41. The van der Waals surface area contributed by atoms with Crippen molar-refractivity contribution in [3.05, 3.63) is 22.8 Å². The van der Waals surface area contributed by atoms with Gasteiger partial charge in [-0.15, -0.1) is 0 Å². The van der Waals surface area contributed by atoms with E-state index in [4.69, 9.17) is 16.3 Å². The van der Waals surface area contributed by atoms with Crippen molar-refractivity contribution in [2.75, 3.05) is 6.61 Å². The van der Waals surface area contributed by atoms with Crippen molar-refractivity contribution in [2.24, 2.45) is 52.3 Å². The number of halogens is 1. The first-order valence-electron chi connectivity index (χ1n) is 15.5. The van der Waals surface area contributed by atoms with Gasteiger partial charge in [0.15, 0.2) is 6.29 Å². The second-order valence-corrected chi connectivity index (χ2v) is 14.4. The Kier molecular flexibility index (Phi) is 8.64. The second-order valence-electron chi connectivity index (χ2n) is 14.0. The van der Waals surface area contributed by atoms with Crippen molar-refractivity contribution >= 4 is 11.6 Å². The smallest absolute Gasteiger partial charge is 0.232 e. The molecule has 0 amide bonds. The van der Waals surface area contributed by atoms with E-state index >= 15 is 0 Å². The van der Waals surface area contributed by atoms with Crippen LogP contribution in [0.15, 0.2) is 12.3 Å². The molecule has 0 aromatic carbocycles. The van der Waals surface area contributed by atoms with Gasteiger partial charge in [-0.1, -0.05) is 45.7 Å². The molecule has 1 heterocycles. The fourth-order valence-electron chi connectivity index (χ4n) is 10.4. The molecule has 4 fully saturated rings. The Bertz CT molecular complexity index is 1010. The van der Waals surface area contributed by atoms with Crippen molar-refractivity contribution in [2.45, 2.75) is 110 Å². The Hall–Kier alpha value is -0.920. The highest BCUT2D eigenvalue weighted by Crippen LogP contribution is 2.69. The Balaban J connectivity index is 1.23. The molecule has 39 heavy (non-hydrogen) atoms. The lowest BCUT2D eigenvalue weighted by Gasteiger charge is -2.64. The van der Waals surface area contributed by atoms with E-state index in [2.05, 4.69) is 32.7 Å². The first kappa shape index (κ1) is 29.6. The summed E-state index contributed by atoms with van der Waals surface area (Å²) in [6, 6.07) is 1.48. The molecule has 0 radical (unpaired) electrons. The van der Waals surface area contributed by atoms with Crippen LogP contribution in [0.25, 0.3) is 0 Å². The van der Waals surface area contributed by atoms with Crippen molar-refractivity contribution in [1.29, 1.82) is 0 Å². The third-order valence-corrected chi connectivity index (χ3v) is 12.6. The molecule has 0 bridgehead atoms. The summed E-state index contributed by atoms with van der Waals surface area (Å²) in [5.41, 5.74) is 0.762. The number of hydrogen-bond donors (Lipinski definition) is 4. The van der Waals surface area contributed by atoms with E-state index in [0.29, 0.717) is 53.9 Å². The van der Waals surface area contributed by atoms with Gasteiger partial charge in [-0.25, -0.2) is 4.98 Å². The summed E-state index contributed by atoms with van der Waals surface area (Å²) >= 11 is 6.22. The molecule has 0 unspecified atom stereocenters. The second kappa shape index (κ2) is 11.4. The minimum absolute atomic E-state index is 0.199. The van der Waals surface area contributed by atoms with E-state index in [1.165, 1.54) is 37.9 Å². The van der Waals surface area contributed by atoms with Gasteiger partial charge in [0, 0.05) is 11.8 Å². The zero-order chi connectivity index (χ0) is 28.1. The third-order valence-electron chi connectivity index (χ3n) is 12.3. The average Bonchev–Trinajstić information content (AvgIpc) is 3.25. The number of rotatable bonds is 8. The summed E-state index contributed by atoms with van der Waals surface area (Å²) in [5.74, 6) is 3.85. The summed E-state index contributed by atoms with van der Waals surface area (Å²) in [6.07, 6.45) is 10.1. The van der Waals surface area contributed by atoms with Gasteiger partial charge < -0.3 is 25.2 Å². The highest BCUT2D eigenvalue weighted by atomic mass is 35.5. The fraction of sp³-hybridized carbons (Fsp3) is 0.844. The first-order chi connectivity index (χ1) is 18.5. The fourth-order valence-corrected chi connectivity index (χ4v) is 10.6. The van der Waals surface area contributed by atoms with Gasteiger partial charge in [-0.3, -0.25) is 0 Å². The van der Waals surface area contributed by atoms with Crippen LogP contribution in [0.4, 0.5) is 0 Å². The summed E-state index contributed by atoms with van der Waals surface area (Å²) in [4.78, 5) is 4.14. The summed E-state index contributed by atoms with van der Waals surface area (Å²) < 4.78 is 5.84. The first-order valence-corrected chi connectivity index (χ1v) is 15.9. The monoisotopic (exact) mass is 563 g/mol. The minimum Gasteiger partial charge on any atom is -0.477 e. The molecule has 6 nitrogen and oxygen atoms in total. The molecular formula is C32H50ClNO5. The van der Waals surface area contributed by atoms with Crippen molar-refractivity contribution in [3.8, 4) is 5.88 Å². The van der Waals surface area contributed by atoms with Crippen molar-refractivity contribution in [1.82, 2.24) is 4.98 Å². The number of hydrogen-bond acceptors (Lipinski definition) is 6. The number of fused-ring (bicyclic) bond motifs is 5. The van der Waals surface area contributed by atoms with Crippen molar-refractivity contribution < 1.29 is 25.2 Å². The largest absolute Gasteiger partial charge is 0.477 e. The van der Waals surface area contributed by atoms with Crippen LogP contribution in [-0.2, 0) is 0 Å². The lowest BCUT2D eigenvalue weighted by Crippen LogP contribution is -2.62. The van der Waals surface area contributed by atoms with E-state index in [-0.39, 0.29) is 33.6 Å². The van der Waals surface area contributed by atoms with Crippen LogP contribution in [0.3, 0.4) is 0 Å². The predicted molar refractivity (Wildman–Crippen MR) is 152 cm³/mol. The van der Waals surface area contributed by atoms with E-state index in [9.17, 15) is 20.4 Å².